The molecule has 2 bridgehead atoms. The number of halogens is 1. The van der Waals surface area contributed by atoms with Gasteiger partial charge < -0.3 is 19.6 Å². The summed E-state index contributed by atoms with van der Waals surface area (Å²) in [6, 6.07) is -0.602. The minimum absolute atomic E-state index is 0.0245. The molecule has 220 valence electrons. The number of allylic oxidation sites excluding steroid dienone is 1. The van der Waals surface area contributed by atoms with Crippen molar-refractivity contribution in [2.75, 3.05) is 32.8 Å². The van der Waals surface area contributed by atoms with Gasteiger partial charge in [-0.3, -0.25) is 14.4 Å². The zero-order valence-corrected chi connectivity index (χ0v) is 25.9. The van der Waals surface area contributed by atoms with Gasteiger partial charge in [-0.2, -0.15) is 0 Å². The number of aliphatic hydroxyl groups is 1. The van der Waals surface area contributed by atoms with Crippen molar-refractivity contribution in [2.45, 2.75) is 98.4 Å². The molecule has 2 amide bonds. The standard InChI is InChI=1S/C30H47BrN2O5S/c1-4-7-9-15-20-38-29(37)23-24-27(35)33(18-13-10-11-14-19-34)26(30(24)21-22(31)25(23)39-30)28(36)32(16-6-3)17-12-8-5-2/h4,6,22-26,34H,1,3,5,7-21H2,2H3/t22?,23-,24-,25-,26?,30?/m0/s1. The first-order valence-electron chi connectivity index (χ1n) is 14.8. The topological polar surface area (TPSA) is 87.1 Å². The predicted molar refractivity (Wildman–Crippen MR) is 161 cm³/mol. The summed E-state index contributed by atoms with van der Waals surface area (Å²) in [6.07, 6.45) is 13.1. The number of esters is 1. The monoisotopic (exact) mass is 626 g/mol. The number of hydrogen-bond donors (Lipinski definition) is 1. The SMILES string of the molecule is C=CCCCCOC(=O)[C@H]1[C@H]2C(=O)N(CCCCCCO)C(C(=O)N(CC=C)CCCCC)C23CC(Br)[C@@H]1S3. The van der Waals surface area contributed by atoms with Crippen molar-refractivity contribution < 1.29 is 24.2 Å². The molecule has 1 spiro atoms. The van der Waals surface area contributed by atoms with Gasteiger partial charge in [0.15, 0.2) is 0 Å². The maximum atomic E-state index is 14.3. The summed E-state index contributed by atoms with van der Waals surface area (Å²) in [5.41, 5.74) is 0. The van der Waals surface area contributed by atoms with Crippen molar-refractivity contribution >= 4 is 45.5 Å². The van der Waals surface area contributed by atoms with Gasteiger partial charge in [-0.1, -0.05) is 60.7 Å². The van der Waals surface area contributed by atoms with Crippen molar-refractivity contribution in [3.63, 3.8) is 0 Å². The average molecular weight is 628 g/mol. The van der Waals surface area contributed by atoms with Crippen molar-refractivity contribution in [1.29, 1.82) is 0 Å². The van der Waals surface area contributed by atoms with Gasteiger partial charge in [0.05, 0.1) is 23.2 Å². The molecule has 3 heterocycles. The zero-order chi connectivity index (χ0) is 28.4. The highest BCUT2D eigenvalue weighted by Gasteiger charge is 2.76. The van der Waals surface area contributed by atoms with Crippen LogP contribution in [0.1, 0.15) is 77.6 Å². The molecule has 0 aromatic carbocycles. The Hall–Kier alpha value is -1.32. The first kappa shape index (κ1) is 32.2. The van der Waals surface area contributed by atoms with Gasteiger partial charge in [-0.15, -0.1) is 24.9 Å². The van der Waals surface area contributed by atoms with Crippen LogP contribution in [0.5, 0.6) is 0 Å². The van der Waals surface area contributed by atoms with Gasteiger partial charge in [-0.05, 0) is 44.9 Å². The highest BCUT2D eigenvalue weighted by Crippen LogP contribution is 2.68. The lowest BCUT2D eigenvalue weighted by molar-refractivity contribution is -0.154. The number of hydrogen-bond acceptors (Lipinski definition) is 6. The fraction of sp³-hybridized carbons (Fsp3) is 0.767. The average Bonchev–Trinajstić information content (AvgIpc) is 3.51. The van der Waals surface area contributed by atoms with Crippen LogP contribution in [0.15, 0.2) is 25.3 Å². The van der Waals surface area contributed by atoms with Gasteiger partial charge in [0, 0.05) is 36.3 Å². The molecule has 3 aliphatic heterocycles. The largest absolute Gasteiger partial charge is 0.465 e. The molecule has 1 N–H and O–H groups in total. The minimum atomic E-state index is -0.644. The van der Waals surface area contributed by atoms with Gasteiger partial charge in [0.2, 0.25) is 11.8 Å². The molecule has 7 nitrogen and oxygen atoms in total. The summed E-state index contributed by atoms with van der Waals surface area (Å²) < 4.78 is 5.08. The van der Waals surface area contributed by atoms with Crippen LogP contribution in [-0.4, -0.2) is 86.4 Å². The van der Waals surface area contributed by atoms with Crippen LogP contribution in [0.2, 0.25) is 0 Å². The lowest BCUT2D eigenvalue weighted by Crippen LogP contribution is -2.55. The normalized spacial score (nSPS) is 28.9. The summed E-state index contributed by atoms with van der Waals surface area (Å²) in [7, 11) is 0. The molecule has 0 radical (unpaired) electrons. The maximum absolute atomic E-state index is 14.3. The quantitative estimate of drug-likeness (QED) is 0.0928. The number of unbranched alkanes of at least 4 members (excludes halogenated alkanes) is 7. The van der Waals surface area contributed by atoms with E-state index >= 15 is 0 Å². The molecule has 3 saturated heterocycles. The van der Waals surface area contributed by atoms with Crippen molar-refractivity contribution in [2.24, 2.45) is 11.8 Å². The Labute approximate surface area is 247 Å². The highest BCUT2D eigenvalue weighted by molar-refractivity contribution is 9.09. The molecule has 0 aliphatic carbocycles. The Balaban J connectivity index is 1.87. The molecule has 9 heteroatoms. The zero-order valence-electron chi connectivity index (χ0n) is 23.5. The van der Waals surface area contributed by atoms with Crippen molar-refractivity contribution in [3.8, 4) is 0 Å². The Bertz CT molecular complexity index is 872. The second kappa shape index (κ2) is 15.6. The van der Waals surface area contributed by atoms with E-state index in [2.05, 4.69) is 36.0 Å². The molecular weight excluding hydrogens is 580 g/mol. The Kier molecular flexibility index (Phi) is 12.9. The smallest absolute Gasteiger partial charge is 0.310 e. The van der Waals surface area contributed by atoms with Crippen molar-refractivity contribution in [3.05, 3.63) is 25.3 Å². The molecule has 3 aliphatic rings. The number of aliphatic hydroxyl groups excluding tert-OH is 1. The summed E-state index contributed by atoms with van der Waals surface area (Å²) in [6.45, 7) is 11.8. The number of likely N-dealkylation sites (tertiary alicyclic amines) is 1. The number of carbonyl (C=O) groups is 3. The molecule has 3 rings (SSSR count). The molecule has 0 saturated carbocycles. The predicted octanol–water partition coefficient (Wildman–Crippen LogP) is 5.11. The van der Waals surface area contributed by atoms with Crippen LogP contribution in [0.4, 0.5) is 0 Å². The van der Waals surface area contributed by atoms with Crippen LogP contribution in [0, 0.1) is 11.8 Å². The van der Waals surface area contributed by atoms with Crippen LogP contribution in [0.25, 0.3) is 0 Å². The Morgan fingerprint density at radius 3 is 2.62 bits per heavy atom. The van der Waals surface area contributed by atoms with E-state index in [4.69, 9.17) is 9.84 Å². The van der Waals surface area contributed by atoms with Crippen molar-refractivity contribution in [1.82, 2.24) is 9.80 Å². The van der Waals surface area contributed by atoms with E-state index in [1.807, 2.05) is 11.0 Å². The van der Waals surface area contributed by atoms with Crippen LogP contribution in [-0.2, 0) is 19.1 Å². The first-order valence-corrected chi connectivity index (χ1v) is 16.6. The molecule has 0 aromatic heterocycles. The van der Waals surface area contributed by atoms with E-state index in [1.165, 1.54) is 0 Å². The fourth-order valence-corrected chi connectivity index (χ4v) is 10.1. The lowest BCUT2D eigenvalue weighted by atomic mass is 9.71. The van der Waals surface area contributed by atoms with Crippen LogP contribution >= 0.6 is 27.7 Å². The lowest BCUT2D eigenvalue weighted by Gasteiger charge is -2.38. The van der Waals surface area contributed by atoms with Crippen LogP contribution in [0.3, 0.4) is 0 Å². The van der Waals surface area contributed by atoms with E-state index in [0.717, 1.165) is 64.2 Å². The number of amides is 2. The molecule has 3 fully saturated rings. The summed E-state index contributed by atoms with van der Waals surface area (Å²) in [5.74, 6) is -1.51. The number of ether oxygens (including phenoxy) is 1. The van der Waals surface area contributed by atoms with Gasteiger partial charge in [0.1, 0.15) is 6.04 Å². The number of alkyl halides is 1. The fourth-order valence-electron chi connectivity index (χ4n) is 6.50. The number of nitrogens with zero attached hydrogens (tertiary/aromatic N) is 2. The Morgan fingerprint density at radius 1 is 1.15 bits per heavy atom. The van der Waals surface area contributed by atoms with Gasteiger partial charge >= 0.3 is 5.97 Å². The van der Waals surface area contributed by atoms with E-state index in [-0.39, 0.29) is 34.5 Å². The third-order valence-corrected chi connectivity index (χ3v) is 11.6. The summed E-state index contributed by atoms with van der Waals surface area (Å²) in [4.78, 5) is 45.6. The molecule has 39 heavy (non-hydrogen) atoms. The highest BCUT2D eigenvalue weighted by atomic mass is 79.9. The van der Waals surface area contributed by atoms with Gasteiger partial charge in [-0.25, -0.2) is 0 Å². The second-order valence-electron chi connectivity index (χ2n) is 11.1. The Morgan fingerprint density at radius 2 is 1.92 bits per heavy atom. The second-order valence-corrected chi connectivity index (χ2v) is 13.8. The molecular formula is C30H47BrN2O5S. The van der Waals surface area contributed by atoms with E-state index in [9.17, 15) is 14.4 Å². The maximum Gasteiger partial charge on any atom is 0.310 e. The number of rotatable bonds is 19. The third-order valence-electron chi connectivity index (χ3n) is 8.34. The number of thioether (sulfide) groups is 1. The molecule has 0 aromatic rings. The van der Waals surface area contributed by atoms with Crippen LogP contribution < -0.4 is 0 Å². The van der Waals surface area contributed by atoms with Gasteiger partial charge in [0.25, 0.3) is 0 Å². The van der Waals surface area contributed by atoms with E-state index < -0.39 is 22.6 Å². The first-order chi connectivity index (χ1) is 18.9. The third kappa shape index (κ3) is 7.13. The minimum Gasteiger partial charge on any atom is -0.465 e. The summed E-state index contributed by atoms with van der Waals surface area (Å²) in [5, 5.41) is 9.06. The van der Waals surface area contributed by atoms with E-state index in [0.29, 0.717) is 32.7 Å². The summed E-state index contributed by atoms with van der Waals surface area (Å²) >= 11 is 5.49. The molecule has 6 atom stereocenters. The number of carbonyl (C=O) groups excluding carboxylic acids is 3. The number of fused-ring (bicyclic) bond motifs is 1. The van der Waals surface area contributed by atoms with E-state index in [1.54, 1.807) is 22.7 Å². The molecule has 3 unspecified atom stereocenters.